The molecule has 3 rings (SSSR count). The van der Waals surface area contributed by atoms with Crippen LogP contribution in [0.3, 0.4) is 0 Å². The van der Waals surface area contributed by atoms with E-state index in [-0.39, 0.29) is 5.91 Å². The molecule has 0 aliphatic rings. The molecule has 3 aromatic rings. The van der Waals surface area contributed by atoms with E-state index in [1.165, 1.54) is 11.3 Å². The minimum atomic E-state index is -0.0492. The Bertz CT molecular complexity index is 807. The number of anilines is 1. The number of aryl methyl sites for hydroxylation is 1. The topological polar surface area (TPSA) is 77.0 Å². The molecule has 0 saturated carbocycles. The predicted molar refractivity (Wildman–Crippen MR) is 83.0 cm³/mol. The summed E-state index contributed by atoms with van der Waals surface area (Å²) in [5.74, 6) is 0.792. The maximum Gasteiger partial charge on any atom is 0.254 e. The van der Waals surface area contributed by atoms with Crippen molar-refractivity contribution in [3.05, 3.63) is 42.0 Å². The number of thiazole rings is 1. The van der Waals surface area contributed by atoms with Crippen molar-refractivity contribution >= 4 is 32.6 Å². The zero-order valence-electron chi connectivity index (χ0n) is 11.8. The first-order valence-corrected chi connectivity index (χ1v) is 7.24. The molecule has 2 aromatic heterocycles. The van der Waals surface area contributed by atoms with Crippen molar-refractivity contribution in [3.8, 4) is 0 Å². The lowest BCUT2D eigenvalue weighted by molar-refractivity contribution is 0.0780. The van der Waals surface area contributed by atoms with Gasteiger partial charge in [0.25, 0.3) is 5.91 Å². The molecule has 0 unspecified atom stereocenters. The summed E-state index contributed by atoms with van der Waals surface area (Å²) in [6.45, 7) is 0.463. The zero-order chi connectivity index (χ0) is 15.0. The number of hydrogen-bond donors (Lipinski definition) is 1. The van der Waals surface area contributed by atoms with E-state index >= 15 is 0 Å². The number of imidazole rings is 1. The van der Waals surface area contributed by atoms with Crippen LogP contribution in [0.15, 0.2) is 30.6 Å². The van der Waals surface area contributed by atoms with Gasteiger partial charge in [-0.2, -0.15) is 0 Å². The van der Waals surface area contributed by atoms with E-state index in [1.807, 2.05) is 29.9 Å². The number of nitrogens with zero attached hydrogens (tertiary/aromatic N) is 4. The summed E-state index contributed by atoms with van der Waals surface area (Å²) in [5.41, 5.74) is 7.13. The van der Waals surface area contributed by atoms with Crippen LogP contribution in [0.4, 0.5) is 5.13 Å². The van der Waals surface area contributed by atoms with Gasteiger partial charge in [0.05, 0.1) is 16.8 Å². The highest BCUT2D eigenvalue weighted by Gasteiger charge is 2.15. The van der Waals surface area contributed by atoms with E-state index in [9.17, 15) is 4.79 Å². The maximum atomic E-state index is 12.5. The largest absolute Gasteiger partial charge is 0.375 e. The molecule has 0 spiro atoms. The highest BCUT2D eigenvalue weighted by atomic mass is 32.1. The number of rotatable bonds is 3. The van der Waals surface area contributed by atoms with Crippen LogP contribution in [0.5, 0.6) is 0 Å². The number of fused-ring (bicyclic) bond motifs is 1. The Morgan fingerprint density at radius 1 is 1.48 bits per heavy atom. The van der Waals surface area contributed by atoms with Crippen LogP contribution in [0, 0.1) is 0 Å². The third-order valence-corrected chi connectivity index (χ3v) is 4.15. The predicted octanol–water partition coefficient (Wildman–Crippen LogP) is 1.88. The first-order chi connectivity index (χ1) is 10.0. The first-order valence-electron chi connectivity index (χ1n) is 6.42. The van der Waals surface area contributed by atoms with E-state index in [1.54, 1.807) is 24.2 Å². The van der Waals surface area contributed by atoms with Crippen LogP contribution in [-0.2, 0) is 13.6 Å². The smallest absolute Gasteiger partial charge is 0.254 e. The average Bonchev–Trinajstić information content (AvgIpc) is 3.02. The Labute approximate surface area is 125 Å². The van der Waals surface area contributed by atoms with Crippen LogP contribution in [0.1, 0.15) is 16.2 Å². The van der Waals surface area contributed by atoms with Crippen LogP contribution < -0.4 is 5.73 Å². The second-order valence-electron chi connectivity index (χ2n) is 4.85. The average molecular weight is 301 g/mol. The van der Waals surface area contributed by atoms with Gasteiger partial charge in [0.2, 0.25) is 0 Å². The van der Waals surface area contributed by atoms with Gasteiger partial charge in [0.15, 0.2) is 5.13 Å². The van der Waals surface area contributed by atoms with E-state index in [2.05, 4.69) is 9.97 Å². The van der Waals surface area contributed by atoms with Crippen molar-refractivity contribution in [1.29, 1.82) is 0 Å². The fourth-order valence-corrected chi connectivity index (χ4v) is 2.90. The standard InChI is InChI=1S/C14H15N5OS/c1-18-6-5-16-12(18)8-19(2)13(20)9-3-4-10-11(7-9)21-14(15)17-10/h3-7H,8H2,1-2H3,(H2,15,17). The summed E-state index contributed by atoms with van der Waals surface area (Å²) < 4.78 is 2.82. The van der Waals surface area contributed by atoms with Crippen molar-refractivity contribution in [3.63, 3.8) is 0 Å². The molecule has 0 atom stereocenters. The fourth-order valence-electron chi connectivity index (χ4n) is 2.13. The minimum Gasteiger partial charge on any atom is -0.375 e. The SMILES string of the molecule is CN(Cc1nccn1C)C(=O)c1ccc2nc(N)sc2c1. The van der Waals surface area contributed by atoms with Gasteiger partial charge in [0.1, 0.15) is 5.82 Å². The van der Waals surface area contributed by atoms with Gasteiger partial charge in [-0.1, -0.05) is 11.3 Å². The van der Waals surface area contributed by atoms with Crippen LogP contribution in [-0.4, -0.2) is 32.4 Å². The van der Waals surface area contributed by atoms with Crippen molar-refractivity contribution in [2.24, 2.45) is 7.05 Å². The molecule has 0 aliphatic heterocycles. The molecule has 2 heterocycles. The maximum absolute atomic E-state index is 12.5. The first kappa shape index (κ1) is 13.6. The normalized spacial score (nSPS) is 11.0. The third kappa shape index (κ3) is 2.59. The molecule has 1 amide bonds. The summed E-state index contributed by atoms with van der Waals surface area (Å²) in [7, 11) is 3.68. The number of hydrogen-bond acceptors (Lipinski definition) is 5. The monoisotopic (exact) mass is 301 g/mol. The third-order valence-electron chi connectivity index (χ3n) is 3.30. The molecule has 108 valence electrons. The molecule has 0 radical (unpaired) electrons. The lowest BCUT2D eigenvalue weighted by atomic mass is 10.2. The Morgan fingerprint density at radius 3 is 3.00 bits per heavy atom. The second kappa shape index (κ2) is 5.17. The fraction of sp³-hybridized carbons (Fsp3) is 0.214. The van der Waals surface area contributed by atoms with E-state index in [0.717, 1.165) is 16.0 Å². The minimum absolute atomic E-state index is 0.0492. The van der Waals surface area contributed by atoms with Gasteiger partial charge in [0, 0.05) is 32.1 Å². The molecule has 7 heteroatoms. The summed E-state index contributed by atoms with van der Waals surface area (Å²) in [6, 6.07) is 5.43. The van der Waals surface area contributed by atoms with Gasteiger partial charge in [-0.3, -0.25) is 4.79 Å². The molecule has 0 aliphatic carbocycles. The van der Waals surface area contributed by atoms with E-state index in [0.29, 0.717) is 17.2 Å². The Kier molecular flexibility index (Phi) is 3.34. The lowest BCUT2D eigenvalue weighted by Gasteiger charge is -2.16. The lowest BCUT2D eigenvalue weighted by Crippen LogP contribution is -2.27. The molecule has 6 nitrogen and oxygen atoms in total. The van der Waals surface area contributed by atoms with Gasteiger partial charge < -0.3 is 15.2 Å². The van der Waals surface area contributed by atoms with Crippen LogP contribution >= 0.6 is 11.3 Å². The molecular formula is C14H15N5OS. The number of carbonyl (C=O) groups is 1. The number of nitrogen functional groups attached to an aromatic ring is 1. The summed E-state index contributed by atoms with van der Waals surface area (Å²) in [4.78, 5) is 22.5. The van der Waals surface area contributed by atoms with Gasteiger partial charge in [-0.25, -0.2) is 9.97 Å². The molecule has 21 heavy (non-hydrogen) atoms. The summed E-state index contributed by atoms with van der Waals surface area (Å²) in [6.07, 6.45) is 3.58. The highest BCUT2D eigenvalue weighted by molar-refractivity contribution is 7.22. The molecule has 0 fully saturated rings. The number of carbonyl (C=O) groups excluding carboxylic acids is 1. The number of benzene rings is 1. The van der Waals surface area contributed by atoms with Crippen molar-refractivity contribution in [1.82, 2.24) is 19.4 Å². The van der Waals surface area contributed by atoms with Crippen molar-refractivity contribution < 1.29 is 4.79 Å². The van der Waals surface area contributed by atoms with E-state index in [4.69, 9.17) is 5.73 Å². The van der Waals surface area contributed by atoms with Crippen LogP contribution in [0.2, 0.25) is 0 Å². The molecule has 1 aromatic carbocycles. The van der Waals surface area contributed by atoms with Gasteiger partial charge in [-0.15, -0.1) is 0 Å². The molecule has 2 N–H and O–H groups in total. The van der Waals surface area contributed by atoms with Crippen LogP contribution in [0.25, 0.3) is 10.2 Å². The number of amides is 1. The van der Waals surface area contributed by atoms with Crippen molar-refractivity contribution in [2.45, 2.75) is 6.54 Å². The van der Waals surface area contributed by atoms with Gasteiger partial charge >= 0.3 is 0 Å². The molecular weight excluding hydrogens is 286 g/mol. The Morgan fingerprint density at radius 2 is 2.29 bits per heavy atom. The zero-order valence-corrected chi connectivity index (χ0v) is 12.6. The summed E-state index contributed by atoms with van der Waals surface area (Å²) >= 11 is 1.38. The number of nitrogens with two attached hydrogens (primary N) is 1. The molecule has 0 saturated heterocycles. The van der Waals surface area contributed by atoms with Crippen molar-refractivity contribution in [2.75, 3.05) is 12.8 Å². The van der Waals surface area contributed by atoms with E-state index < -0.39 is 0 Å². The quantitative estimate of drug-likeness (QED) is 0.801. The summed E-state index contributed by atoms with van der Waals surface area (Å²) in [5, 5.41) is 0.510. The highest BCUT2D eigenvalue weighted by Crippen LogP contribution is 2.25. The van der Waals surface area contributed by atoms with Gasteiger partial charge in [-0.05, 0) is 18.2 Å². The second-order valence-corrected chi connectivity index (χ2v) is 5.91. The Hall–Kier alpha value is -2.41. The molecule has 0 bridgehead atoms. The number of aromatic nitrogens is 3. The Balaban J connectivity index is 1.83.